The third-order valence-corrected chi connectivity index (χ3v) is 8.53. The van der Waals surface area contributed by atoms with Crippen molar-refractivity contribution in [2.75, 3.05) is 32.7 Å². The van der Waals surface area contributed by atoms with E-state index >= 15 is 0 Å². The highest BCUT2D eigenvalue weighted by molar-refractivity contribution is 7.89. The number of hydrogen-bond donors (Lipinski definition) is 2. The standard InChI is InChI=1S/C26H28N4O2S2/c1-2-14-27-26(33)30-17-15-29(16-18-30)25-22-13-7-9-19-8-6-12-21(23(19)22)24(25)28-34(31,32)20-10-4-3-5-11-20/h2-13,24-25,28H,1,14-18H2,(H,27,33)/t24-,25+/m0/s1. The fraction of sp³-hybridized carbons (Fsp3) is 0.269. The van der Waals surface area contributed by atoms with E-state index in [1.54, 1.807) is 30.3 Å². The maximum Gasteiger partial charge on any atom is 0.241 e. The number of thiocarbonyl (C=S) groups is 1. The van der Waals surface area contributed by atoms with Gasteiger partial charge in [-0.25, -0.2) is 13.1 Å². The first kappa shape index (κ1) is 23.0. The normalized spacial score (nSPS) is 20.4. The van der Waals surface area contributed by atoms with Gasteiger partial charge >= 0.3 is 0 Å². The second-order valence-corrected chi connectivity index (χ2v) is 10.7. The molecule has 2 atom stereocenters. The molecule has 2 aliphatic rings. The van der Waals surface area contributed by atoms with Gasteiger partial charge in [-0.05, 0) is 46.2 Å². The number of piperazine rings is 1. The Morgan fingerprint density at radius 2 is 1.65 bits per heavy atom. The Bertz CT molecular complexity index is 1310. The van der Waals surface area contributed by atoms with Gasteiger partial charge in [-0.3, -0.25) is 4.90 Å². The van der Waals surface area contributed by atoms with Crippen LogP contribution in [0.2, 0.25) is 0 Å². The molecule has 0 saturated carbocycles. The predicted molar refractivity (Wildman–Crippen MR) is 140 cm³/mol. The van der Waals surface area contributed by atoms with Gasteiger partial charge < -0.3 is 10.2 Å². The molecule has 0 aromatic heterocycles. The van der Waals surface area contributed by atoms with Gasteiger partial charge in [0.1, 0.15) is 0 Å². The van der Waals surface area contributed by atoms with E-state index in [-0.39, 0.29) is 17.0 Å². The number of hydrogen-bond acceptors (Lipinski definition) is 4. The molecule has 1 fully saturated rings. The van der Waals surface area contributed by atoms with Crippen molar-refractivity contribution in [1.29, 1.82) is 0 Å². The molecule has 1 saturated heterocycles. The molecule has 34 heavy (non-hydrogen) atoms. The van der Waals surface area contributed by atoms with Crippen LogP contribution in [0.15, 0.2) is 84.3 Å². The fourth-order valence-electron chi connectivity index (χ4n) is 5.10. The first-order valence-corrected chi connectivity index (χ1v) is 13.4. The van der Waals surface area contributed by atoms with Crippen molar-refractivity contribution in [2.24, 2.45) is 0 Å². The lowest BCUT2D eigenvalue weighted by molar-refractivity contribution is 0.116. The van der Waals surface area contributed by atoms with Crippen molar-refractivity contribution in [3.05, 3.63) is 90.5 Å². The zero-order chi connectivity index (χ0) is 23.7. The Balaban J connectivity index is 1.46. The van der Waals surface area contributed by atoms with Gasteiger partial charge in [-0.15, -0.1) is 6.58 Å². The van der Waals surface area contributed by atoms with Crippen LogP contribution in [0, 0.1) is 0 Å². The third kappa shape index (κ3) is 4.22. The van der Waals surface area contributed by atoms with Crippen molar-refractivity contribution in [1.82, 2.24) is 19.8 Å². The van der Waals surface area contributed by atoms with Gasteiger partial charge in [0.2, 0.25) is 10.0 Å². The van der Waals surface area contributed by atoms with E-state index in [1.165, 1.54) is 5.56 Å². The Morgan fingerprint density at radius 3 is 2.32 bits per heavy atom. The molecule has 0 unspecified atom stereocenters. The minimum atomic E-state index is -3.69. The summed E-state index contributed by atoms with van der Waals surface area (Å²) in [6.07, 6.45) is 1.79. The average molecular weight is 493 g/mol. The largest absolute Gasteiger partial charge is 0.359 e. The molecule has 0 radical (unpaired) electrons. The van der Waals surface area contributed by atoms with Gasteiger partial charge in [0.25, 0.3) is 0 Å². The molecule has 8 heteroatoms. The summed E-state index contributed by atoms with van der Waals surface area (Å²) in [6, 6.07) is 20.6. The number of sulfonamides is 1. The van der Waals surface area contributed by atoms with Crippen LogP contribution in [0.3, 0.4) is 0 Å². The minimum Gasteiger partial charge on any atom is -0.359 e. The molecule has 6 nitrogen and oxygen atoms in total. The van der Waals surface area contributed by atoms with Gasteiger partial charge in [-0.2, -0.15) is 0 Å². The SMILES string of the molecule is C=CCNC(=S)N1CCN([C@@H]2c3cccc4cccc(c34)[C@@H]2NS(=O)(=O)c2ccccc2)CC1. The molecule has 3 aromatic rings. The van der Waals surface area contributed by atoms with E-state index in [1.807, 2.05) is 12.1 Å². The molecule has 2 N–H and O–H groups in total. The smallest absolute Gasteiger partial charge is 0.241 e. The summed E-state index contributed by atoms with van der Waals surface area (Å²) >= 11 is 5.53. The van der Waals surface area contributed by atoms with Crippen molar-refractivity contribution in [2.45, 2.75) is 17.0 Å². The number of rotatable bonds is 6. The van der Waals surface area contributed by atoms with E-state index in [2.05, 4.69) is 56.7 Å². The second-order valence-electron chi connectivity index (χ2n) is 8.65. The summed E-state index contributed by atoms with van der Waals surface area (Å²) in [5, 5.41) is 6.23. The summed E-state index contributed by atoms with van der Waals surface area (Å²) in [6.45, 7) is 7.51. The van der Waals surface area contributed by atoms with Crippen molar-refractivity contribution in [3.63, 3.8) is 0 Å². The van der Waals surface area contributed by atoms with Gasteiger partial charge in [0.15, 0.2) is 5.11 Å². The van der Waals surface area contributed by atoms with Crippen LogP contribution in [0.1, 0.15) is 23.2 Å². The third-order valence-electron chi connectivity index (χ3n) is 6.67. The van der Waals surface area contributed by atoms with Gasteiger partial charge in [0, 0.05) is 32.7 Å². The van der Waals surface area contributed by atoms with E-state index in [0.717, 1.165) is 47.6 Å². The molecule has 1 aliphatic heterocycles. The van der Waals surface area contributed by atoms with Crippen LogP contribution < -0.4 is 10.0 Å². The van der Waals surface area contributed by atoms with E-state index in [9.17, 15) is 8.42 Å². The summed E-state index contributed by atoms with van der Waals surface area (Å²) in [4.78, 5) is 4.83. The molecule has 5 rings (SSSR count). The van der Waals surface area contributed by atoms with Crippen LogP contribution in [0.25, 0.3) is 10.8 Å². The highest BCUT2D eigenvalue weighted by Crippen LogP contribution is 2.47. The maximum atomic E-state index is 13.4. The topological polar surface area (TPSA) is 64.7 Å². The van der Waals surface area contributed by atoms with Crippen LogP contribution in [-0.2, 0) is 10.0 Å². The molecule has 0 amide bonds. The Kier molecular flexibility index (Phi) is 6.40. The summed E-state index contributed by atoms with van der Waals surface area (Å²) < 4.78 is 29.8. The Labute approximate surface area is 206 Å². The number of nitrogens with one attached hydrogen (secondary N) is 2. The van der Waals surface area contributed by atoms with Crippen LogP contribution in [0.5, 0.6) is 0 Å². The molecule has 176 valence electrons. The fourth-order valence-corrected chi connectivity index (χ4v) is 6.61. The summed E-state index contributed by atoms with van der Waals surface area (Å²) in [7, 11) is -3.69. The monoisotopic (exact) mass is 492 g/mol. The quantitative estimate of drug-likeness (QED) is 0.405. The highest BCUT2D eigenvalue weighted by Gasteiger charge is 2.41. The van der Waals surface area contributed by atoms with E-state index in [4.69, 9.17) is 12.2 Å². The molecule has 1 heterocycles. The highest BCUT2D eigenvalue weighted by atomic mass is 32.2. The van der Waals surface area contributed by atoms with Gasteiger partial charge in [0.05, 0.1) is 17.0 Å². The predicted octanol–water partition coefficient (Wildman–Crippen LogP) is 3.59. The van der Waals surface area contributed by atoms with E-state index < -0.39 is 10.0 Å². The lowest BCUT2D eigenvalue weighted by Crippen LogP contribution is -2.53. The number of nitrogens with zero attached hydrogens (tertiary/aromatic N) is 2. The average Bonchev–Trinajstić information content (AvgIpc) is 3.17. The summed E-state index contributed by atoms with van der Waals surface area (Å²) in [5.74, 6) is 0. The lowest BCUT2D eigenvalue weighted by Gasteiger charge is -2.41. The maximum absolute atomic E-state index is 13.4. The van der Waals surface area contributed by atoms with Crippen LogP contribution >= 0.6 is 12.2 Å². The summed E-state index contributed by atoms with van der Waals surface area (Å²) in [5.41, 5.74) is 2.21. The molecule has 3 aromatic carbocycles. The van der Waals surface area contributed by atoms with Crippen LogP contribution in [-0.4, -0.2) is 56.1 Å². The Hall–Kier alpha value is -2.78. The molecule has 1 aliphatic carbocycles. The van der Waals surface area contributed by atoms with Crippen molar-refractivity contribution < 1.29 is 8.42 Å². The van der Waals surface area contributed by atoms with Crippen molar-refractivity contribution in [3.8, 4) is 0 Å². The second kappa shape index (κ2) is 9.46. The first-order chi connectivity index (χ1) is 16.5. The van der Waals surface area contributed by atoms with Gasteiger partial charge in [-0.1, -0.05) is 60.7 Å². The molecule has 0 spiro atoms. The first-order valence-electron chi connectivity index (χ1n) is 11.5. The minimum absolute atomic E-state index is 0.0866. The van der Waals surface area contributed by atoms with Crippen molar-refractivity contribution >= 4 is 38.1 Å². The van der Waals surface area contributed by atoms with Crippen LogP contribution in [0.4, 0.5) is 0 Å². The zero-order valence-electron chi connectivity index (χ0n) is 18.9. The molecular weight excluding hydrogens is 464 g/mol. The van der Waals surface area contributed by atoms with E-state index in [0.29, 0.717) is 6.54 Å². The number of benzene rings is 3. The lowest BCUT2D eigenvalue weighted by atomic mass is 10.0. The zero-order valence-corrected chi connectivity index (χ0v) is 20.5. The molecule has 0 bridgehead atoms. The Morgan fingerprint density at radius 1 is 0.971 bits per heavy atom. The molecular formula is C26H28N4O2S2.